The second-order valence-corrected chi connectivity index (χ2v) is 8.68. The maximum Gasteiger partial charge on any atom is 0.113 e. The second-order valence-electron chi connectivity index (χ2n) is 5.95. The first-order valence-electron chi connectivity index (χ1n) is 7.83. The third kappa shape index (κ3) is 2.90. The average Bonchev–Trinajstić information content (AvgIpc) is 2.56. The molecule has 1 aromatic carbocycles. The maximum absolute atomic E-state index is 11.7. The van der Waals surface area contributed by atoms with Crippen molar-refractivity contribution in [3.8, 4) is 0 Å². The number of benzene rings is 1. The van der Waals surface area contributed by atoms with Crippen LogP contribution in [-0.2, 0) is 5.60 Å². The van der Waals surface area contributed by atoms with Crippen LogP contribution in [0.4, 0.5) is 0 Å². The molecular formula is C17H24OS2. The van der Waals surface area contributed by atoms with Gasteiger partial charge in [0, 0.05) is 0 Å². The van der Waals surface area contributed by atoms with E-state index < -0.39 is 5.60 Å². The molecule has 1 atom stereocenters. The smallest absolute Gasteiger partial charge is 0.113 e. The monoisotopic (exact) mass is 308 g/mol. The summed E-state index contributed by atoms with van der Waals surface area (Å²) in [4.78, 5) is 0. The fraction of sp³-hybridized carbons (Fsp3) is 0.647. The van der Waals surface area contributed by atoms with E-state index in [4.69, 9.17) is 0 Å². The Morgan fingerprint density at radius 3 is 2.20 bits per heavy atom. The molecule has 1 aliphatic carbocycles. The molecular weight excluding hydrogens is 284 g/mol. The molecule has 1 aliphatic heterocycles. The van der Waals surface area contributed by atoms with Crippen molar-refractivity contribution in [2.45, 2.75) is 48.7 Å². The lowest BCUT2D eigenvalue weighted by atomic mass is 9.74. The van der Waals surface area contributed by atoms with Gasteiger partial charge in [0.15, 0.2) is 0 Å². The Labute approximate surface area is 130 Å². The van der Waals surface area contributed by atoms with E-state index in [0.29, 0.717) is 10.5 Å². The molecule has 3 heteroatoms. The van der Waals surface area contributed by atoms with E-state index in [1.165, 1.54) is 50.0 Å². The quantitative estimate of drug-likeness (QED) is 0.877. The summed E-state index contributed by atoms with van der Waals surface area (Å²) in [5.41, 5.74) is 0.496. The van der Waals surface area contributed by atoms with Crippen molar-refractivity contribution >= 4 is 23.5 Å². The predicted octanol–water partition coefficient (Wildman–Crippen LogP) is 4.65. The minimum atomic E-state index is -0.641. The van der Waals surface area contributed by atoms with Crippen LogP contribution in [0.15, 0.2) is 30.3 Å². The summed E-state index contributed by atoms with van der Waals surface area (Å²) in [5, 5.41) is 11.7. The Kier molecular flexibility index (Phi) is 5.00. The van der Waals surface area contributed by atoms with Crippen LogP contribution >= 0.6 is 23.5 Å². The van der Waals surface area contributed by atoms with Crippen molar-refractivity contribution in [1.29, 1.82) is 0 Å². The summed E-state index contributed by atoms with van der Waals surface area (Å²) in [7, 11) is 0. The van der Waals surface area contributed by atoms with E-state index in [1.807, 2.05) is 29.6 Å². The zero-order valence-electron chi connectivity index (χ0n) is 12.0. The summed E-state index contributed by atoms with van der Waals surface area (Å²) >= 11 is 3.94. The van der Waals surface area contributed by atoms with E-state index in [2.05, 4.69) is 24.3 Å². The van der Waals surface area contributed by atoms with Gasteiger partial charge in [0.2, 0.25) is 0 Å². The fourth-order valence-electron chi connectivity index (χ4n) is 3.55. The van der Waals surface area contributed by atoms with E-state index in [0.717, 1.165) is 5.56 Å². The molecule has 1 heterocycles. The van der Waals surface area contributed by atoms with Crippen LogP contribution in [0.2, 0.25) is 0 Å². The summed E-state index contributed by atoms with van der Waals surface area (Å²) in [6, 6.07) is 10.4. The average molecular weight is 309 g/mol. The van der Waals surface area contributed by atoms with E-state index in [1.54, 1.807) is 0 Å². The molecule has 1 saturated heterocycles. The van der Waals surface area contributed by atoms with Gasteiger partial charge in [-0.25, -0.2) is 0 Å². The lowest BCUT2D eigenvalue weighted by molar-refractivity contribution is -0.0239. The molecule has 0 aromatic heterocycles. The molecule has 3 rings (SSSR count). The SMILES string of the molecule is OC(c1ccccc1)(C1CCCCC1)C1SCCCS1. The van der Waals surface area contributed by atoms with Crippen LogP contribution in [0.1, 0.15) is 44.1 Å². The number of hydrogen-bond donors (Lipinski definition) is 1. The molecule has 0 bridgehead atoms. The van der Waals surface area contributed by atoms with Crippen LogP contribution in [0.5, 0.6) is 0 Å². The zero-order valence-corrected chi connectivity index (χ0v) is 13.6. The Morgan fingerprint density at radius 2 is 1.55 bits per heavy atom. The Hall–Kier alpha value is -0.120. The Bertz CT molecular complexity index is 390. The fourth-order valence-corrected chi connectivity index (χ4v) is 6.91. The molecule has 20 heavy (non-hydrogen) atoms. The topological polar surface area (TPSA) is 20.2 Å². The third-order valence-corrected chi connectivity index (χ3v) is 7.84. The molecule has 1 aromatic rings. The molecule has 1 nitrogen and oxygen atoms in total. The van der Waals surface area contributed by atoms with Gasteiger partial charge in [-0.1, -0.05) is 49.6 Å². The minimum absolute atomic E-state index is 0.307. The van der Waals surface area contributed by atoms with Gasteiger partial charge in [-0.3, -0.25) is 0 Å². The highest BCUT2D eigenvalue weighted by Crippen LogP contribution is 2.50. The van der Waals surface area contributed by atoms with E-state index in [9.17, 15) is 5.11 Å². The van der Waals surface area contributed by atoms with Crippen LogP contribution in [0.25, 0.3) is 0 Å². The van der Waals surface area contributed by atoms with Crippen molar-refractivity contribution in [3.63, 3.8) is 0 Å². The molecule has 110 valence electrons. The second kappa shape index (κ2) is 6.76. The first-order chi connectivity index (χ1) is 9.82. The van der Waals surface area contributed by atoms with Crippen molar-refractivity contribution in [2.75, 3.05) is 11.5 Å². The van der Waals surface area contributed by atoms with E-state index >= 15 is 0 Å². The number of thioether (sulfide) groups is 2. The van der Waals surface area contributed by atoms with E-state index in [-0.39, 0.29) is 0 Å². The lowest BCUT2D eigenvalue weighted by Gasteiger charge is -2.45. The van der Waals surface area contributed by atoms with Crippen LogP contribution in [0.3, 0.4) is 0 Å². The molecule has 0 amide bonds. The maximum atomic E-state index is 11.7. The normalized spacial score (nSPS) is 25.2. The van der Waals surface area contributed by atoms with Gasteiger partial charge in [-0.05, 0) is 42.2 Å². The summed E-state index contributed by atoms with van der Waals surface area (Å²) < 4.78 is 0.307. The largest absolute Gasteiger partial charge is 0.383 e. The molecule has 1 N–H and O–H groups in total. The van der Waals surface area contributed by atoms with Gasteiger partial charge in [0.1, 0.15) is 5.60 Å². The van der Waals surface area contributed by atoms with Crippen molar-refractivity contribution < 1.29 is 5.11 Å². The van der Waals surface area contributed by atoms with Crippen molar-refractivity contribution in [2.24, 2.45) is 5.92 Å². The highest BCUT2D eigenvalue weighted by molar-refractivity contribution is 8.17. The molecule has 0 radical (unpaired) electrons. The summed E-state index contributed by atoms with van der Waals surface area (Å²) in [6.45, 7) is 0. The number of hydrogen-bond acceptors (Lipinski definition) is 3. The van der Waals surface area contributed by atoms with Gasteiger partial charge in [-0.15, -0.1) is 23.5 Å². The molecule has 2 aliphatic rings. The first kappa shape index (κ1) is 14.8. The number of rotatable bonds is 3. The lowest BCUT2D eigenvalue weighted by Crippen LogP contribution is -2.45. The minimum Gasteiger partial charge on any atom is -0.383 e. The molecule has 2 fully saturated rings. The van der Waals surface area contributed by atoms with Crippen LogP contribution in [0, 0.1) is 5.92 Å². The molecule has 1 unspecified atom stereocenters. The van der Waals surface area contributed by atoms with Gasteiger partial charge in [-0.2, -0.15) is 0 Å². The van der Waals surface area contributed by atoms with Gasteiger partial charge < -0.3 is 5.11 Å². The summed E-state index contributed by atoms with van der Waals surface area (Å²) in [6.07, 6.45) is 7.55. The Morgan fingerprint density at radius 1 is 0.900 bits per heavy atom. The Balaban J connectivity index is 1.92. The van der Waals surface area contributed by atoms with Crippen LogP contribution < -0.4 is 0 Å². The molecule has 1 saturated carbocycles. The highest BCUT2D eigenvalue weighted by Gasteiger charge is 2.46. The van der Waals surface area contributed by atoms with Gasteiger partial charge >= 0.3 is 0 Å². The van der Waals surface area contributed by atoms with Crippen molar-refractivity contribution in [3.05, 3.63) is 35.9 Å². The molecule has 0 spiro atoms. The predicted molar refractivity (Wildman–Crippen MR) is 90.2 cm³/mol. The van der Waals surface area contributed by atoms with Crippen molar-refractivity contribution in [1.82, 2.24) is 0 Å². The van der Waals surface area contributed by atoms with Gasteiger partial charge in [0.05, 0.1) is 4.58 Å². The third-order valence-electron chi connectivity index (χ3n) is 4.65. The van der Waals surface area contributed by atoms with Gasteiger partial charge in [0.25, 0.3) is 0 Å². The number of aliphatic hydroxyl groups is 1. The van der Waals surface area contributed by atoms with Crippen LogP contribution in [-0.4, -0.2) is 21.2 Å². The first-order valence-corrected chi connectivity index (χ1v) is 9.92. The zero-order chi connectivity index (χ0) is 13.8. The highest BCUT2D eigenvalue weighted by atomic mass is 32.2. The summed E-state index contributed by atoms with van der Waals surface area (Å²) in [5.74, 6) is 2.82. The standard InChI is InChI=1S/C17H24OS2/c18-17(14-8-3-1-4-9-14,15-10-5-2-6-11-15)16-19-12-7-13-20-16/h1,3-4,8-9,15-16,18H,2,5-7,10-13H2.